The monoisotopic (exact) mass is 412 g/mol. The molecule has 0 saturated carbocycles. The predicted molar refractivity (Wildman–Crippen MR) is 112 cm³/mol. The number of rotatable bonds is 6. The van der Waals surface area contributed by atoms with Gasteiger partial charge in [0.15, 0.2) is 11.9 Å². The number of hydrogen-bond donors (Lipinski definition) is 0. The lowest BCUT2D eigenvalue weighted by Crippen LogP contribution is -2.47. The normalized spacial score (nSPS) is 18.3. The van der Waals surface area contributed by atoms with Crippen molar-refractivity contribution in [2.24, 2.45) is 0 Å². The van der Waals surface area contributed by atoms with E-state index in [1.54, 1.807) is 19.3 Å². The summed E-state index contributed by atoms with van der Waals surface area (Å²) in [5.74, 6) is 1.73. The highest BCUT2D eigenvalue weighted by Gasteiger charge is 2.25. The van der Waals surface area contributed by atoms with Crippen molar-refractivity contribution < 1.29 is 19.0 Å². The van der Waals surface area contributed by atoms with E-state index in [0.29, 0.717) is 17.7 Å². The Morgan fingerprint density at radius 1 is 1.13 bits per heavy atom. The third-order valence-corrected chi connectivity index (χ3v) is 5.81. The Morgan fingerprint density at radius 2 is 1.87 bits per heavy atom. The molecule has 1 aromatic heterocycles. The second-order valence-electron chi connectivity index (χ2n) is 7.67. The Bertz CT molecular complexity index is 881. The van der Waals surface area contributed by atoms with Crippen LogP contribution in [0.1, 0.15) is 31.0 Å². The standard InChI is InChI=1S/C22H28N4O4/c1-15(18-5-4-17-6-11-29-20(17)12-18)25-7-9-26(10-8-25)22-23-13-19(14-24-22)30-16(2)21(27)28-3/h4-5,12-16H,6-11H2,1-3H3/t15-,16-/m0/s1. The molecule has 0 bridgehead atoms. The van der Waals surface area contributed by atoms with Crippen molar-refractivity contribution in [1.82, 2.24) is 14.9 Å². The van der Waals surface area contributed by atoms with Gasteiger partial charge in [-0.05, 0) is 31.0 Å². The smallest absolute Gasteiger partial charge is 0.346 e. The van der Waals surface area contributed by atoms with Gasteiger partial charge in [0, 0.05) is 38.6 Å². The molecule has 2 aromatic rings. The van der Waals surface area contributed by atoms with Gasteiger partial charge in [-0.3, -0.25) is 4.90 Å². The quantitative estimate of drug-likeness (QED) is 0.669. The number of fused-ring (bicyclic) bond motifs is 1. The highest BCUT2D eigenvalue weighted by molar-refractivity contribution is 5.74. The van der Waals surface area contributed by atoms with Crippen molar-refractivity contribution in [1.29, 1.82) is 0 Å². The maximum Gasteiger partial charge on any atom is 0.346 e. The molecule has 1 aromatic carbocycles. The van der Waals surface area contributed by atoms with E-state index >= 15 is 0 Å². The second-order valence-corrected chi connectivity index (χ2v) is 7.67. The molecular formula is C22H28N4O4. The summed E-state index contributed by atoms with van der Waals surface area (Å²) in [5.41, 5.74) is 2.60. The number of carbonyl (C=O) groups excluding carboxylic acids is 1. The van der Waals surface area contributed by atoms with Gasteiger partial charge in [0.2, 0.25) is 5.95 Å². The zero-order valence-electron chi connectivity index (χ0n) is 17.7. The van der Waals surface area contributed by atoms with Gasteiger partial charge in [-0.25, -0.2) is 14.8 Å². The summed E-state index contributed by atoms with van der Waals surface area (Å²) < 4.78 is 15.9. The minimum Gasteiger partial charge on any atom is -0.493 e. The van der Waals surface area contributed by atoms with E-state index in [9.17, 15) is 4.79 Å². The lowest BCUT2D eigenvalue weighted by atomic mass is 10.0. The number of piperazine rings is 1. The van der Waals surface area contributed by atoms with Gasteiger partial charge in [-0.2, -0.15) is 0 Å². The topological polar surface area (TPSA) is 77.0 Å². The molecule has 160 valence electrons. The predicted octanol–water partition coefficient (Wildman–Crippen LogP) is 2.23. The van der Waals surface area contributed by atoms with Gasteiger partial charge < -0.3 is 19.1 Å². The molecule has 0 spiro atoms. The van der Waals surface area contributed by atoms with Crippen LogP contribution in [0.25, 0.3) is 0 Å². The molecule has 8 nitrogen and oxygen atoms in total. The van der Waals surface area contributed by atoms with E-state index in [1.807, 2.05) is 0 Å². The van der Waals surface area contributed by atoms with Crippen LogP contribution in [0.5, 0.6) is 11.5 Å². The Hall–Kier alpha value is -2.87. The molecule has 1 fully saturated rings. The zero-order valence-corrected chi connectivity index (χ0v) is 17.7. The van der Waals surface area contributed by atoms with E-state index in [1.165, 1.54) is 18.2 Å². The van der Waals surface area contributed by atoms with Gasteiger partial charge in [-0.15, -0.1) is 0 Å². The first-order chi connectivity index (χ1) is 14.5. The fourth-order valence-corrected chi connectivity index (χ4v) is 3.91. The average Bonchev–Trinajstić information content (AvgIpc) is 3.26. The number of carbonyl (C=O) groups is 1. The molecule has 2 aliphatic rings. The molecule has 4 rings (SSSR count). The third kappa shape index (κ3) is 4.33. The number of esters is 1. The van der Waals surface area contributed by atoms with Crippen LogP contribution >= 0.6 is 0 Å². The molecule has 0 radical (unpaired) electrons. The number of methoxy groups -OCH3 is 1. The largest absolute Gasteiger partial charge is 0.493 e. The first kappa shape index (κ1) is 20.4. The summed E-state index contributed by atoms with van der Waals surface area (Å²) in [4.78, 5) is 24.9. The summed E-state index contributed by atoms with van der Waals surface area (Å²) in [6.07, 6.45) is 3.51. The van der Waals surface area contributed by atoms with Crippen LogP contribution in [0.3, 0.4) is 0 Å². The molecule has 0 unspecified atom stereocenters. The Labute approximate surface area is 176 Å². The molecule has 1 saturated heterocycles. The van der Waals surface area contributed by atoms with E-state index in [0.717, 1.165) is 45.0 Å². The first-order valence-electron chi connectivity index (χ1n) is 10.4. The van der Waals surface area contributed by atoms with Crippen molar-refractivity contribution in [3.63, 3.8) is 0 Å². The molecule has 2 aliphatic heterocycles. The summed E-state index contributed by atoms with van der Waals surface area (Å²) in [7, 11) is 1.33. The lowest BCUT2D eigenvalue weighted by molar-refractivity contribution is -0.147. The minimum atomic E-state index is -0.695. The number of benzene rings is 1. The zero-order chi connectivity index (χ0) is 21.1. The van der Waals surface area contributed by atoms with Crippen LogP contribution in [-0.2, 0) is 16.0 Å². The lowest BCUT2D eigenvalue weighted by Gasteiger charge is -2.38. The molecule has 2 atom stereocenters. The highest BCUT2D eigenvalue weighted by atomic mass is 16.6. The summed E-state index contributed by atoms with van der Waals surface area (Å²) in [6.45, 7) is 8.23. The number of anilines is 1. The van der Waals surface area contributed by atoms with Gasteiger partial charge in [0.25, 0.3) is 0 Å². The van der Waals surface area contributed by atoms with E-state index < -0.39 is 12.1 Å². The van der Waals surface area contributed by atoms with Crippen LogP contribution in [0.15, 0.2) is 30.6 Å². The van der Waals surface area contributed by atoms with Gasteiger partial charge in [0.05, 0.1) is 26.1 Å². The minimum absolute atomic E-state index is 0.332. The second kappa shape index (κ2) is 8.87. The van der Waals surface area contributed by atoms with Crippen LogP contribution in [0.4, 0.5) is 5.95 Å². The van der Waals surface area contributed by atoms with Crippen LogP contribution in [0, 0.1) is 0 Å². The van der Waals surface area contributed by atoms with Crippen molar-refractivity contribution in [2.45, 2.75) is 32.4 Å². The number of ether oxygens (including phenoxy) is 3. The molecule has 0 aliphatic carbocycles. The Balaban J connectivity index is 1.32. The summed E-state index contributed by atoms with van der Waals surface area (Å²) >= 11 is 0. The average molecular weight is 412 g/mol. The van der Waals surface area contributed by atoms with Crippen molar-refractivity contribution in [2.75, 3.05) is 44.8 Å². The molecule has 0 N–H and O–H groups in total. The van der Waals surface area contributed by atoms with Crippen LogP contribution < -0.4 is 14.4 Å². The van der Waals surface area contributed by atoms with Crippen LogP contribution in [-0.4, -0.2) is 66.8 Å². The highest BCUT2D eigenvalue weighted by Crippen LogP contribution is 2.31. The third-order valence-electron chi connectivity index (χ3n) is 5.81. The molecular weight excluding hydrogens is 384 g/mol. The molecule has 8 heteroatoms. The fourth-order valence-electron chi connectivity index (χ4n) is 3.91. The molecule has 3 heterocycles. The van der Waals surface area contributed by atoms with Crippen molar-refractivity contribution in [3.05, 3.63) is 41.7 Å². The SMILES string of the molecule is COC(=O)[C@H](C)Oc1cnc(N2CCN([C@@H](C)c3ccc4c(c3)OCC4)CC2)nc1. The van der Waals surface area contributed by atoms with Gasteiger partial charge >= 0.3 is 5.97 Å². The maximum absolute atomic E-state index is 11.5. The number of nitrogens with zero attached hydrogens (tertiary/aromatic N) is 4. The van der Waals surface area contributed by atoms with E-state index in [2.05, 4.69) is 49.6 Å². The van der Waals surface area contributed by atoms with E-state index in [4.69, 9.17) is 9.47 Å². The fraction of sp³-hybridized carbons (Fsp3) is 0.500. The van der Waals surface area contributed by atoms with Gasteiger partial charge in [0.1, 0.15) is 5.75 Å². The number of aromatic nitrogens is 2. The van der Waals surface area contributed by atoms with Crippen LogP contribution in [0.2, 0.25) is 0 Å². The Kier molecular flexibility index (Phi) is 6.03. The van der Waals surface area contributed by atoms with E-state index in [-0.39, 0.29) is 0 Å². The van der Waals surface area contributed by atoms with Crippen molar-refractivity contribution in [3.8, 4) is 11.5 Å². The first-order valence-corrected chi connectivity index (χ1v) is 10.4. The summed E-state index contributed by atoms with van der Waals surface area (Å²) in [6, 6.07) is 6.94. The molecule has 30 heavy (non-hydrogen) atoms. The van der Waals surface area contributed by atoms with Crippen molar-refractivity contribution >= 4 is 11.9 Å². The Morgan fingerprint density at radius 3 is 2.57 bits per heavy atom. The summed E-state index contributed by atoms with van der Waals surface area (Å²) in [5, 5.41) is 0. The maximum atomic E-state index is 11.5. The molecule has 0 amide bonds. The van der Waals surface area contributed by atoms with Gasteiger partial charge in [-0.1, -0.05) is 12.1 Å². The number of hydrogen-bond acceptors (Lipinski definition) is 8.